The van der Waals surface area contributed by atoms with Gasteiger partial charge in [-0.05, 0) is 18.1 Å². The summed E-state index contributed by atoms with van der Waals surface area (Å²) >= 11 is 0. The van der Waals surface area contributed by atoms with Crippen molar-refractivity contribution in [3.63, 3.8) is 0 Å². The minimum absolute atomic E-state index is 0.0714. The molecule has 0 aliphatic carbocycles. The van der Waals surface area contributed by atoms with Gasteiger partial charge in [-0.1, -0.05) is 25.1 Å². The van der Waals surface area contributed by atoms with E-state index in [1.54, 1.807) is 21.8 Å². The molecule has 1 aliphatic heterocycles. The first-order valence-corrected chi connectivity index (χ1v) is 8.05. The predicted molar refractivity (Wildman–Crippen MR) is 91.6 cm³/mol. The Morgan fingerprint density at radius 2 is 2.12 bits per heavy atom. The van der Waals surface area contributed by atoms with E-state index in [0.29, 0.717) is 12.2 Å². The Morgan fingerprint density at radius 1 is 1.33 bits per heavy atom. The topological polar surface area (TPSA) is 93.2 Å². The van der Waals surface area contributed by atoms with Crippen molar-refractivity contribution in [1.82, 2.24) is 9.78 Å². The molecule has 2 aromatic rings. The maximum Gasteiger partial charge on any atom is 0.245 e. The van der Waals surface area contributed by atoms with Crippen LogP contribution in [0.1, 0.15) is 18.9 Å². The van der Waals surface area contributed by atoms with Crippen molar-refractivity contribution < 1.29 is 9.59 Å². The van der Waals surface area contributed by atoms with Crippen LogP contribution in [-0.4, -0.2) is 34.2 Å². The molecular weight excluding hydrogens is 306 g/mol. The first-order valence-electron chi connectivity index (χ1n) is 8.05. The zero-order valence-corrected chi connectivity index (χ0v) is 13.6. The van der Waals surface area contributed by atoms with Gasteiger partial charge in [0.15, 0.2) is 0 Å². The van der Waals surface area contributed by atoms with E-state index in [2.05, 4.69) is 10.4 Å². The summed E-state index contributed by atoms with van der Waals surface area (Å²) in [5.74, 6) is 0.0378. The van der Waals surface area contributed by atoms with Crippen LogP contribution >= 0.6 is 0 Å². The molecule has 3 N–H and O–H groups in total. The van der Waals surface area contributed by atoms with Crippen LogP contribution in [0.4, 0.5) is 11.5 Å². The highest BCUT2D eigenvalue weighted by Crippen LogP contribution is 2.31. The van der Waals surface area contributed by atoms with Gasteiger partial charge >= 0.3 is 0 Å². The summed E-state index contributed by atoms with van der Waals surface area (Å²) in [6.07, 6.45) is 3.11. The normalized spacial score (nSPS) is 16.0. The lowest BCUT2D eigenvalue weighted by Gasteiger charge is -2.24. The second-order valence-electron chi connectivity index (χ2n) is 5.87. The maximum atomic E-state index is 12.5. The molecule has 126 valence electrons. The van der Waals surface area contributed by atoms with Gasteiger partial charge < -0.3 is 16.0 Å². The van der Waals surface area contributed by atoms with Crippen LogP contribution in [0, 0.1) is 0 Å². The van der Waals surface area contributed by atoms with Gasteiger partial charge in [-0.2, -0.15) is 5.10 Å². The van der Waals surface area contributed by atoms with Crippen molar-refractivity contribution in [2.75, 3.05) is 16.8 Å². The van der Waals surface area contributed by atoms with Crippen molar-refractivity contribution in [3.8, 4) is 0 Å². The van der Waals surface area contributed by atoms with E-state index >= 15 is 0 Å². The zero-order chi connectivity index (χ0) is 17.1. The summed E-state index contributed by atoms with van der Waals surface area (Å²) in [4.78, 5) is 26.0. The number of aryl methyl sites for hydroxylation is 1. The molecule has 7 nitrogen and oxygen atoms in total. The van der Waals surface area contributed by atoms with Crippen molar-refractivity contribution in [2.24, 2.45) is 5.73 Å². The predicted octanol–water partition coefficient (Wildman–Crippen LogP) is 1.15. The van der Waals surface area contributed by atoms with E-state index in [1.807, 2.05) is 31.2 Å². The minimum Gasteiger partial charge on any atom is -0.368 e. The minimum atomic E-state index is -0.492. The molecule has 0 fully saturated rings. The molecule has 0 unspecified atom stereocenters. The molecule has 0 saturated carbocycles. The second kappa shape index (κ2) is 6.74. The Hall–Kier alpha value is -2.83. The molecule has 2 heterocycles. The molecule has 7 heteroatoms. The Morgan fingerprint density at radius 3 is 2.88 bits per heavy atom. The number of benzene rings is 1. The maximum absolute atomic E-state index is 12.5. The molecule has 0 spiro atoms. The fourth-order valence-electron chi connectivity index (χ4n) is 3.07. The summed E-state index contributed by atoms with van der Waals surface area (Å²) < 4.78 is 1.75. The largest absolute Gasteiger partial charge is 0.368 e. The van der Waals surface area contributed by atoms with E-state index in [1.165, 1.54) is 0 Å². The van der Waals surface area contributed by atoms with Crippen molar-refractivity contribution in [3.05, 3.63) is 42.1 Å². The highest BCUT2D eigenvalue weighted by atomic mass is 16.2. The molecule has 0 saturated heterocycles. The molecule has 1 aliphatic rings. The van der Waals surface area contributed by atoms with Crippen LogP contribution in [0.15, 0.2) is 36.5 Å². The van der Waals surface area contributed by atoms with Crippen molar-refractivity contribution >= 4 is 23.3 Å². The number of nitrogens with one attached hydrogen (secondary N) is 1. The third-order valence-electron chi connectivity index (χ3n) is 4.15. The quantitative estimate of drug-likeness (QED) is 0.832. The average molecular weight is 327 g/mol. The number of carbonyl (C=O) groups excluding carboxylic acids is 2. The number of hydrogen-bond acceptors (Lipinski definition) is 4. The Bertz CT molecular complexity index is 755. The van der Waals surface area contributed by atoms with Gasteiger partial charge in [0.1, 0.15) is 11.9 Å². The number of anilines is 2. The smallest absolute Gasteiger partial charge is 0.245 e. The van der Waals surface area contributed by atoms with E-state index in [9.17, 15) is 9.59 Å². The highest BCUT2D eigenvalue weighted by Gasteiger charge is 2.34. The number of nitrogens with zero attached hydrogens (tertiary/aromatic N) is 3. The fraction of sp³-hybridized carbons (Fsp3) is 0.353. The number of rotatable bonds is 6. The monoisotopic (exact) mass is 327 g/mol. The van der Waals surface area contributed by atoms with Crippen LogP contribution < -0.4 is 16.0 Å². The van der Waals surface area contributed by atoms with Gasteiger partial charge in [-0.3, -0.25) is 9.59 Å². The van der Waals surface area contributed by atoms with Gasteiger partial charge in [0, 0.05) is 24.7 Å². The number of aromatic nitrogens is 2. The lowest BCUT2D eigenvalue weighted by molar-refractivity contribution is -0.119. The standard InChI is InChI=1S/C17H21N5O2/c1-2-9-22-15(7-8-19-22)20-16(23)11-21-13-6-4-3-5-12(13)10-14(21)17(18)24/h3-8,14H,2,9-11H2,1H3,(H2,18,24)(H,20,23)/t14-/m0/s1. The zero-order valence-electron chi connectivity index (χ0n) is 13.6. The van der Waals surface area contributed by atoms with Gasteiger partial charge in [0.25, 0.3) is 0 Å². The molecule has 1 atom stereocenters. The number of fused-ring (bicyclic) bond motifs is 1. The van der Waals surface area contributed by atoms with Gasteiger partial charge in [-0.25, -0.2) is 4.68 Å². The van der Waals surface area contributed by atoms with Crippen LogP contribution in [0.5, 0.6) is 0 Å². The summed E-state index contributed by atoms with van der Waals surface area (Å²) in [5.41, 5.74) is 7.44. The van der Waals surface area contributed by atoms with Crippen molar-refractivity contribution in [2.45, 2.75) is 32.4 Å². The molecule has 3 rings (SSSR count). The third kappa shape index (κ3) is 3.10. The molecule has 24 heavy (non-hydrogen) atoms. The molecule has 0 radical (unpaired) electrons. The van der Waals surface area contributed by atoms with E-state index in [4.69, 9.17) is 5.73 Å². The summed E-state index contributed by atoms with van der Waals surface area (Å²) in [6.45, 7) is 2.85. The SMILES string of the molecule is CCCn1nccc1NC(=O)CN1c2ccccc2C[C@H]1C(N)=O. The number of hydrogen-bond donors (Lipinski definition) is 2. The van der Waals surface area contributed by atoms with Gasteiger partial charge in [-0.15, -0.1) is 0 Å². The lowest BCUT2D eigenvalue weighted by atomic mass is 10.1. The van der Waals surface area contributed by atoms with Crippen LogP contribution in [-0.2, 0) is 22.6 Å². The second-order valence-corrected chi connectivity index (χ2v) is 5.87. The molecule has 2 amide bonds. The Balaban J connectivity index is 1.75. The molecular formula is C17H21N5O2. The van der Waals surface area contributed by atoms with Gasteiger partial charge in [0.2, 0.25) is 11.8 Å². The van der Waals surface area contributed by atoms with Crippen molar-refractivity contribution in [1.29, 1.82) is 0 Å². The molecule has 1 aromatic heterocycles. The average Bonchev–Trinajstić information content (AvgIpc) is 3.13. The van der Waals surface area contributed by atoms with E-state index in [0.717, 1.165) is 24.2 Å². The number of carbonyl (C=O) groups is 2. The molecule has 0 bridgehead atoms. The van der Waals surface area contributed by atoms with Crippen LogP contribution in [0.3, 0.4) is 0 Å². The summed E-state index contributed by atoms with van der Waals surface area (Å²) in [5, 5.41) is 7.04. The van der Waals surface area contributed by atoms with E-state index < -0.39 is 11.9 Å². The van der Waals surface area contributed by atoms with Gasteiger partial charge in [0.05, 0.1) is 12.7 Å². The van der Waals surface area contributed by atoms with Crippen LogP contribution in [0.25, 0.3) is 0 Å². The highest BCUT2D eigenvalue weighted by molar-refractivity contribution is 5.96. The number of primary amides is 1. The number of nitrogens with two attached hydrogens (primary N) is 1. The Labute approximate surface area is 140 Å². The molecule has 1 aromatic carbocycles. The number of para-hydroxylation sites is 1. The number of amides is 2. The third-order valence-corrected chi connectivity index (χ3v) is 4.15. The first kappa shape index (κ1) is 16.0. The van der Waals surface area contributed by atoms with E-state index in [-0.39, 0.29) is 12.5 Å². The van der Waals surface area contributed by atoms with Crippen LogP contribution in [0.2, 0.25) is 0 Å². The fourth-order valence-corrected chi connectivity index (χ4v) is 3.07. The first-order chi connectivity index (χ1) is 11.6. The lowest BCUT2D eigenvalue weighted by Crippen LogP contribution is -2.46. The summed E-state index contributed by atoms with van der Waals surface area (Å²) in [7, 11) is 0. The Kier molecular flexibility index (Phi) is 4.50. The summed E-state index contributed by atoms with van der Waals surface area (Å²) in [6, 6.07) is 8.95.